The molecule has 1 aromatic heterocycles. The molecule has 10 heteroatoms. The lowest BCUT2D eigenvalue weighted by molar-refractivity contribution is -0.126. The van der Waals surface area contributed by atoms with Gasteiger partial charge in [0.15, 0.2) is 0 Å². The summed E-state index contributed by atoms with van der Waals surface area (Å²) >= 11 is 1.05. The van der Waals surface area contributed by atoms with Crippen LogP contribution in [0.1, 0.15) is 20.4 Å². The van der Waals surface area contributed by atoms with Crippen molar-refractivity contribution < 1.29 is 23.5 Å². The number of methoxy groups -OCH3 is 1. The topological polar surface area (TPSA) is 102 Å². The third-order valence-electron chi connectivity index (χ3n) is 3.87. The van der Waals surface area contributed by atoms with Crippen LogP contribution in [0.15, 0.2) is 48.5 Å². The lowest BCUT2D eigenvalue weighted by Crippen LogP contribution is -2.27. The highest BCUT2D eigenvalue weighted by atomic mass is 32.1. The molecule has 0 atom stereocenters. The summed E-state index contributed by atoms with van der Waals surface area (Å²) in [5.41, 5.74) is 1.38. The number of halogens is 1. The molecule has 0 aliphatic heterocycles. The highest BCUT2D eigenvalue weighted by Crippen LogP contribution is 2.15. The molecule has 3 aromatic rings. The van der Waals surface area contributed by atoms with E-state index in [4.69, 9.17) is 9.47 Å². The van der Waals surface area contributed by atoms with Crippen LogP contribution in [0.2, 0.25) is 0 Å². The van der Waals surface area contributed by atoms with E-state index in [1.54, 1.807) is 7.11 Å². The van der Waals surface area contributed by atoms with Gasteiger partial charge in [-0.25, -0.2) is 4.39 Å². The Hall–Kier alpha value is -3.37. The summed E-state index contributed by atoms with van der Waals surface area (Å²) in [5.74, 6) is -0.375. The average Bonchev–Trinajstić information content (AvgIpc) is 3.23. The Morgan fingerprint density at radius 2 is 1.80 bits per heavy atom. The second-order valence-corrected chi connectivity index (χ2v) is 7.14. The number of carbonyl (C=O) groups excluding carboxylic acids is 2. The third-order valence-corrected chi connectivity index (χ3v) is 4.77. The minimum atomic E-state index is -0.456. The largest absolute Gasteiger partial charge is 0.497 e. The predicted molar refractivity (Wildman–Crippen MR) is 109 cm³/mol. The van der Waals surface area contributed by atoms with Gasteiger partial charge in [-0.1, -0.05) is 23.5 Å². The fraction of sp³-hybridized carbons (Fsp3) is 0.200. The molecule has 0 bridgehead atoms. The molecule has 2 aromatic carbocycles. The number of hydrogen-bond acceptors (Lipinski definition) is 7. The van der Waals surface area contributed by atoms with Crippen LogP contribution >= 0.6 is 11.3 Å². The molecule has 8 nitrogen and oxygen atoms in total. The number of aromatic nitrogens is 2. The second kappa shape index (κ2) is 10.4. The fourth-order valence-electron chi connectivity index (χ4n) is 2.35. The molecular formula is C20H19FN4O4S. The van der Waals surface area contributed by atoms with E-state index in [0.29, 0.717) is 17.2 Å². The molecule has 0 spiro atoms. The van der Waals surface area contributed by atoms with Crippen LogP contribution in [0.5, 0.6) is 5.75 Å². The molecular weight excluding hydrogens is 411 g/mol. The van der Waals surface area contributed by atoms with Crippen LogP contribution in [0.3, 0.4) is 0 Å². The first-order valence-corrected chi connectivity index (χ1v) is 9.72. The van der Waals surface area contributed by atoms with E-state index >= 15 is 0 Å². The van der Waals surface area contributed by atoms with Crippen molar-refractivity contribution in [2.24, 2.45) is 0 Å². The zero-order valence-electron chi connectivity index (χ0n) is 16.1. The van der Waals surface area contributed by atoms with Gasteiger partial charge in [-0.2, -0.15) is 0 Å². The standard InChI is InChI=1S/C20H19FN4O4S/c1-28-16-8-2-13(3-9-16)10-22-17(26)11-29-12-18-24-25-20(30-18)19(27)23-15-6-4-14(21)5-7-15/h2-9H,10-12H2,1H3,(H,22,26)(H,23,27). The molecule has 0 aliphatic rings. The van der Waals surface area contributed by atoms with Crippen LogP contribution in [-0.2, 0) is 22.7 Å². The Labute approximate surface area is 176 Å². The van der Waals surface area contributed by atoms with E-state index in [9.17, 15) is 14.0 Å². The maximum absolute atomic E-state index is 12.9. The van der Waals surface area contributed by atoms with Crippen LogP contribution in [0.25, 0.3) is 0 Å². The van der Waals surface area contributed by atoms with E-state index in [1.165, 1.54) is 24.3 Å². The smallest absolute Gasteiger partial charge is 0.286 e. The zero-order chi connectivity index (χ0) is 21.3. The first-order chi connectivity index (χ1) is 14.5. The van der Waals surface area contributed by atoms with Gasteiger partial charge in [-0.3, -0.25) is 9.59 Å². The second-order valence-electron chi connectivity index (χ2n) is 6.08. The highest BCUT2D eigenvalue weighted by molar-refractivity contribution is 7.13. The van der Waals surface area contributed by atoms with E-state index in [1.807, 2.05) is 24.3 Å². The van der Waals surface area contributed by atoms with Crippen LogP contribution in [0, 0.1) is 5.82 Å². The van der Waals surface area contributed by atoms with Crippen molar-refractivity contribution in [2.75, 3.05) is 19.0 Å². The van der Waals surface area contributed by atoms with Crippen molar-refractivity contribution >= 4 is 28.8 Å². The van der Waals surface area contributed by atoms with Gasteiger partial charge in [0.1, 0.15) is 29.8 Å². The van der Waals surface area contributed by atoms with Crippen molar-refractivity contribution in [3.05, 3.63) is 69.9 Å². The van der Waals surface area contributed by atoms with Crippen LogP contribution < -0.4 is 15.4 Å². The van der Waals surface area contributed by atoms with Crippen LogP contribution in [0.4, 0.5) is 10.1 Å². The van der Waals surface area contributed by atoms with E-state index < -0.39 is 11.7 Å². The molecule has 3 rings (SSSR count). The summed E-state index contributed by atoms with van der Waals surface area (Å²) in [6.07, 6.45) is 0. The van der Waals surface area contributed by atoms with Gasteiger partial charge in [-0.15, -0.1) is 10.2 Å². The summed E-state index contributed by atoms with van der Waals surface area (Å²) in [4.78, 5) is 24.0. The highest BCUT2D eigenvalue weighted by Gasteiger charge is 2.13. The molecule has 0 saturated heterocycles. The van der Waals surface area contributed by atoms with Crippen molar-refractivity contribution in [3.8, 4) is 5.75 Å². The van der Waals surface area contributed by atoms with Gasteiger partial charge in [0.05, 0.1) is 7.11 Å². The Balaban J connectivity index is 1.39. The predicted octanol–water partition coefficient (Wildman–Crippen LogP) is 2.77. The SMILES string of the molecule is COc1ccc(CNC(=O)COCc2nnc(C(=O)Nc3ccc(F)cc3)s2)cc1. The van der Waals surface area contributed by atoms with E-state index in [-0.39, 0.29) is 24.1 Å². The van der Waals surface area contributed by atoms with E-state index in [2.05, 4.69) is 20.8 Å². The van der Waals surface area contributed by atoms with Crippen molar-refractivity contribution in [1.29, 1.82) is 0 Å². The summed E-state index contributed by atoms with van der Waals surface area (Å²) in [6.45, 7) is 0.281. The number of anilines is 1. The van der Waals surface area contributed by atoms with Gasteiger partial charge in [0.2, 0.25) is 10.9 Å². The number of nitrogens with one attached hydrogen (secondary N) is 2. The number of ether oxygens (including phenoxy) is 2. The van der Waals surface area contributed by atoms with Crippen molar-refractivity contribution in [2.45, 2.75) is 13.2 Å². The van der Waals surface area contributed by atoms with Gasteiger partial charge >= 0.3 is 0 Å². The molecule has 0 saturated carbocycles. The first kappa shape index (κ1) is 21.3. The van der Waals surface area contributed by atoms with Gasteiger partial charge in [0, 0.05) is 12.2 Å². The summed E-state index contributed by atoms with van der Waals surface area (Å²) < 4.78 is 23.3. The maximum atomic E-state index is 12.9. The molecule has 30 heavy (non-hydrogen) atoms. The van der Waals surface area contributed by atoms with Crippen molar-refractivity contribution in [3.63, 3.8) is 0 Å². The number of benzene rings is 2. The molecule has 0 unspecified atom stereocenters. The van der Waals surface area contributed by atoms with E-state index in [0.717, 1.165) is 22.6 Å². The number of amides is 2. The summed E-state index contributed by atoms with van der Waals surface area (Å²) in [6, 6.07) is 12.7. The number of rotatable bonds is 9. The number of hydrogen-bond donors (Lipinski definition) is 2. The summed E-state index contributed by atoms with van der Waals surface area (Å²) in [7, 11) is 1.59. The molecule has 1 heterocycles. The van der Waals surface area contributed by atoms with Gasteiger partial charge in [-0.05, 0) is 42.0 Å². The lowest BCUT2D eigenvalue weighted by Gasteiger charge is -2.06. The molecule has 0 aliphatic carbocycles. The minimum absolute atomic E-state index is 0.0530. The zero-order valence-corrected chi connectivity index (χ0v) is 16.9. The number of carbonyl (C=O) groups is 2. The molecule has 2 amide bonds. The molecule has 0 fully saturated rings. The number of nitrogens with zero attached hydrogens (tertiary/aromatic N) is 2. The monoisotopic (exact) mass is 430 g/mol. The fourth-order valence-corrected chi connectivity index (χ4v) is 3.02. The minimum Gasteiger partial charge on any atom is -0.497 e. The van der Waals surface area contributed by atoms with Gasteiger partial charge < -0.3 is 20.1 Å². The molecule has 156 valence electrons. The Morgan fingerprint density at radius 3 is 2.50 bits per heavy atom. The Morgan fingerprint density at radius 1 is 1.07 bits per heavy atom. The normalized spacial score (nSPS) is 10.5. The molecule has 2 N–H and O–H groups in total. The average molecular weight is 430 g/mol. The summed E-state index contributed by atoms with van der Waals surface area (Å²) in [5, 5.41) is 13.6. The lowest BCUT2D eigenvalue weighted by atomic mass is 10.2. The first-order valence-electron chi connectivity index (χ1n) is 8.90. The van der Waals surface area contributed by atoms with Crippen LogP contribution in [-0.4, -0.2) is 35.7 Å². The van der Waals surface area contributed by atoms with Gasteiger partial charge in [0.25, 0.3) is 5.91 Å². The Bertz CT molecular complexity index is 993. The van der Waals surface area contributed by atoms with Crippen molar-refractivity contribution in [1.82, 2.24) is 15.5 Å². The quantitative estimate of drug-likeness (QED) is 0.541. The maximum Gasteiger partial charge on any atom is 0.286 e. The Kier molecular flexibility index (Phi) is 7.41. The molecule has 0 radical (unpaired) electrons. The third kappa shape index (κ3) is 6.33.